The third-order valence-electron chi connectivity index (χ3n) is 1.88. The first kappa shape index (κ1) is 10.2. The molecular formula is C10H6Cl2N2O. The van der Waals surface area contributed by atoms with Crippen molar-refractivity contribution in [1.29, 1.82) is 0 Å². The lowest BCUT2D eigenvalue weighted by molar-refractivity contribution is 1.13. The van der Waals surface area contributed by atoms with Gasteiger partial charge in [0.15, 0.2) is 0 Å². The van der Waals surface area contributed by atoms with Crippen LogP contribution < -0.4 is 5.56 Å². The smallest absolute Gasteiger partial charge is 0.251 e. The van der Waals surface area contributed by atoms with Gasteiger partial charge in [0.05, 0.1) is 10.0 Å². The van der Waals surface area contributed by atoms with Gasteiger partial charge in [0.1, 0.15) is 5.82 Å². The van der Waals surface area contributed by atoms with Crippen LogP contribution in [0.5, 0.6) is 0 Å². The molecule has 76 valence electrons. The van der Waals surface area contributed by atoms with E-state index in [-0.39, 0.29) is 5.56 Å². The summed E-state index contributed by atoms with van der Waals surface area (Å²) in [5.41, 5.74) is 0.387. The van der Waals surface area contributed by atoms with E-state index in [9.17, 15) is 4.79 Å². The Labute approximate surface area is 95.7 Å². The molecule has 1 N–H and O–H groups in total. The Morgan fingerprint density at radius 2 is 2.00 bits per heavy atom. The maximum atomic E-state index is 11.1. The average molecular weight is 241 g/mol. The lowest BCUT2D eigenvalue weighted by Gasteiger charge is -2.03. The molecule has 0 fully saturated rings. The number of H-pyrrole nitrogens is 1. The van der Waals surface area contributed by atoms with Gasteiger partial charge in [0.25, 0.3) is 5.56 Å². The molecule has 0 unspecified atom stereocenters. The van der Waals surface area contributed by atoms with Gasteiger partial charge in [-0.1, -0.05) is 29.3 Å². The zero-order chi connectivity index (χ0) is 10.8. The van der Waals surface area contributed by atoms with Crippen molar-refractivity contribution in [2.75, 3.05) is 0 Å². The van der Waals surface area contributed by atoms with Crippen LogP contribution in [-0.4, -0.2) is 9.97 Å². The van der Waals surface area contributed by atoms with Crippen molar-refractivity contribution >= 4 is 23.2 Å². The molecule has 0 aliphatic carbocycles. The van der Waals surface area contributed by atoms with Crippen molar-refractivity contribution < 1.29 is 0 Å². The van der Waals surface area contributed by atoms with E-state index in [0.29, 0.717) is 21.4 Å². The molecule has 1 aromatic heterocycles. The molecule has 3 nitrogen and oxygen atoms in total. The van der Waals surface area contributed by atoms with Gasteiger partial charge in [-0.05, 0) is 12.1 Å². The normalized spacial score (nSPS) is 10.3. The highest BCUT2D eigenvalue weighted by Crippen LogP contribution is 2.30. The Kier molecular flexibility index (Phi) is 2.75. The van der Waals surface area contributed by atoms with Crippen molar-refractivity contribution in [1.82, 2.24) is 9.97 Å². The Morgan fingerprint density at radius 1 is 1.20 bits per heavy atom. The van der Waals surface area contributed by atoms with Crippen molar-refractivity contribution in [3.63, 3.8) is 0 Å². The molecule has 1 heterocycles. The Hall–Kier alpha value is -1.32. The summed E-state index contributed by atoms with van der Waals surface area (Å²) in [5, 5.41) is 0.814. The minimum atomic E-state index is -0.226. The summed E-state index contributed by atoms with van der Waals surface area (Å²) in [6.07, 6.45) is 1.42. The highest BCUT2D eigenvalue weighted by molar-refractivity contribution is 6.43. The molecule has 0 radical (unpaired) electrons. The van der Waals surface area contributed by atoms with E-state index in [0.717, 1.165) is 0 Å². The SMILES string of the molecule is O=c1ccnc(-c2cccc(Cl)c2Cl)[nH]1. The first-order valence-electron chi connectivity index (χ1n) is 4.18. The highest BCUT2D eigenvalue weighted by Gasteiger charge is 2.07. The lowest BCUT2D eigenvalue weighted by atomic mass is 10.2. The highest BCUT2D eigenvalue weighted by atomic mass is 35.5. The Balaban J connectivity index is 2.64. The first-order chi connectivity index (χ1) is 7.18. The quantitative estimate of drug-likeness (QED) is 0.834. The summed E-state index contributed by atoms with van der Waals surface area (Å²) >= 11 is 11.8. The summed E-state index contributed by atoms with van der Waals surface area (Å²) in [6, 6.07) is 6.50. The fourth-order valence-corrected chi connectivity index (χ4v) is 1.58. The van der Waals surface area contributed by atoms with Crippen molar-refractivity contribution in [3.8, 4) is 11.4 Å². The molecule has 0 atom stereocenters. The monoisotopic (exact) mass is 240 g/mol. The third-order valence-corrected chi connectivity index (χ3v) is 2.70. The van der Waals surface area contributed by atoms with E-state index < -0.39 is 0 Å². The summed E-state index contributed by atoms with van der Waals surface area (Å²) in [6.45, 7) is 0. The van der Waals surface area contributed by atoms with Gasteiger partial charge in [-0.25, -0.2) is 4.98 Å². The minimum Gasteiger partial charge on any atom is -0.306 e. The molecule has 1 aromatic carbocycles. The second-order valence-electron chi connectivity index (χ2n) is 2.88. The fourth-order valence-electron chi connectivity index (χ4n) is 1.19. The van der Waals surface area contributed by atoms with Crippen LogP contribution in [0.25, 0.3) is 11.4 Å². The number of halogens is 2. The molecule has 2 rings (SSSR count). The Bertz CT molecular complexity index is 551. The molecule has 5 heteroatoms. The van der Waals surface area contributed by atoms with Crippen LogP contribution in [-0.2, 0) is 0 Å². The number of aromatic amines is 1. The standard InChI is InChI=1S/C10H6Cl2N2O/c11-7-3-1-2-6(9(7)12)10-13-5-4-8(15)14-10/h1-5H,(H,13,14,15). The maximum Gasteiger partial charge on any atom is 0.251 e. The summed E-state index contributed by atoms with van der Waals surface area (Å²) < 4.78 is 0. The van der Waals surface area contributed by atoms with Gasteiger partial charge < -0.3 is 4.98 Å². The predicted octanol–water partition coefficient (Wildman–Crippen LogP) is 2.74. The second-order valence-corrected chi connectivity index (χ2v) is 3.67. The lowest BCUT2D eigenvalue weighted by Crippen LogP contribution is -2.05. The number of aromatic nitrogens is 2. The van der Waals surface area contributed by atoms with Crippen LogP contribution >= 0.6 is 23.2 Å². The van der Waals surface area contributed by atoms with Gasteiger partial charge in [0.2, 0.25) is 0 Å². The molecule has 0 saturated heterocycles. The third kappa shape index (κ3) is 2.03. The van der Waals surface area contributed by atoms with E-state index in [1.54, 1.807) is 18.2 Å². The molecule has 0 spiro atoms. The van der Waals surface area contributed by atoms with E-state index in [2.05, 4.69) is 9.97 Å². The number of nitrogens with one attached hydrogen (secondary N) is 1. The average Bonchev–Trinajstić information content (AvgIpc) is 2.22. The van der Waals surface area contributed by atoms with E-state index >= 15 is 0 Å². The molecule has 2 aromatic rings. The topological polar surface area (TPSA) is 45.8 Å². The molecule has 0 aliphatic heterocycles. The van der Waals surface area contributed by atoms with Crippen LogP contribution in [0.1, 0.15) is 0 Å². The Morgan fingerprint density at radius 3 is 2.73 bits per heavy atom. The zero-order valence-electron chi connectivity index (χ0n) is 7.50. The van der Waals surface area contributed by atoms with E-state index in [1.165, 1.54) is 12.3 Å². The van der Waals surface area contributed by atoms with Crippen molar-refractivity contribution in [2.24, 2.45) is 0 Å². The molecule has 0 saturated carbocycles. The van der Waals surface area contributed by atoms with Crippen LogP contribution in [0.3, 0.4) is 0 Å². The maximum absolute atomic E-state index is 11.1. The molecule has 0 bridgehead atoms. The fraction of sp³-hybridized carbons (Fsp3) is 0. The van der Waals surface area contributed by atoms with Gasteiger partial charge in [-0.2, -0.15) is 0 Å². The summed E-state index contributed by atoms with van der Waals surface area (Å²) in [4.78, 5) is 17.7. The number of hydrogen-bond acceptors (Lipinski definition) is 2. The summed E-state index contributed by atoms with van der Waals surface area (Å²) in [5.74, 6) is 0.412. The van der Waals surface area contributed by atoms with Crippen LogP contribution in [0.15, 0.2) is 35.3 Å². The van der Waals surface area contributed by atoms with E-state index in [1.807, 2.05) is 0 Å². The number of hydrogen-bond donors (Lipinski definition) is 1. The van der Waals surface area contributed by atoms with Crippen LogP contribution in [0.4, 0.5) is 0 Å². The van der Waals surface area contributed by atoms with Crippen LogP contribution in [0.2, 0.25) is 10.0 Å². The second kappa shape index (κ2) is 4.04. The molecule has 0 aliphatic rings. The zero-order valence-corrected chi connectivity index (χ0v) is 9.01. The van der Waals surface area contributed by atoms with Gasteiger partial charge >= 0.3 is 0 Å². The van der Waals surface area contributed by atoms with Gasteiger partial charge in [-0.3, -0.25) is 4.79 Å². The van der Waals surface area contributed by atoms with Gasteiger partial charge in [-0.15, -0.1) is 0 Å². The minimum absolute atomic E-state index is 0.226. The molecular weight excluding hydrogens is 235 g/mol. The first-order valence-corrected chi connectivity index (χ1v) is 4.94. The predicted molar refractivity (Wildman–Crippen MR) is 60.3 cm³/mol. The molecule has 15 heavy (non-hydrogen) atoms. The van der Waals surface area contributed by atoms with E-state index in [4.69, 9.17) is 23.2 Å². The van der Waals surface area contributed by atoms with Crippen molar-refractivity contribution in [2.45, 2.75) is 0 Å². The number of rotatable bonds is 1. The number of benzene rings is 1. The van der Waals surface area contributed by atoms with Crippen LogP contribution in [0, 0.1) is 0 Å². The number of nitrogens with zero attached hydrogens (tertiary/aromatic N) is 1. The van der Waals surface area contributed by atoms with Crippen molar-refractivity contribution in [3.05, 3.63) is 50.9 Å². The van der Waals surface area contributed by atoms with Gasteiger partial charge in [0, 0.05) is 17.8 Å². The largest absolute Gasteiger partial charge is 0.306 e. The molecule has 0 amide bonds. The summed E-state index contributed by atoms with van der Waals surface area (Å²) in [7, 11) is 0.